The minimum absolute atomic E-state index is 0.0240. The largest absolute Gasteiger partial charge is 0.416 e. The van der Waals surface area contributed by atoms with Gasteiger partial charge in [0.05, 0.1) is 28.6 Å². The van der Waals surface area contributed by atoms with Crippen LogP contribution in [0.5, 0.6) is 0 Å². The maximum Gasteiger partial charge on any atom is 0.416 e. The van der Waals surface area contributed by atoms with E-state index >= 15 is 0 Å². The molecule has 2 aromatic rings. The maximum atomic E-state index is 12.9. The number of halogens is 3. The van der Waals surface area contributed by atoms with Crippen molar-refractivity contribution in [3.05, 3.63) is 76.2 Å². The number of nitrogens with one attached hydrogen (secondary N) is 1. The molecule has 12 heteroatoms. The predicted octanol–water partition coefficient (Wildman–Crippen LogP) is 3.81. The van der Waals surface area contributed by atoms with E-state index in [0.717, 1.165) is 35.2 Å². The van der Waals surface area contributed by atoms with Gasteiger partial charge in [-0.15, -0.1) is 0 Å². The van der Waals surface area contributed by atoms with Gasteiger partial charge in [0, 0.05) is 43.8 Å². The Morgan fingerprint density at radius 2 is 1.97 bits per heavy atom. The summed E-state index contributed by atoms with van der Waals surface area (Å²) in [4.78, 5) is 19.4. The minimum Gasteiger partial charge on any atom is -0.404 e. The summed E-state index contributed by atoms with van der Waals surface area (Å²) in [7, 11) is -3.58. The van der Waals surface area contributed by atoms with Gasteiger partial charge >= 0.3 is 6.18 Å². The first-order valence-corrected chi connectivity index (χ1v) is 13.3. The van der Waals surface area contributed by atoms with Gasteiger partial charge in [-0.3, -0.25) is 14.7 Å². The SMILES string of the molecule is CCS(=O)(=O)/N=C/C(=C\N)CNC(=O)c1cnc2c(c1)CN(Cc1ccc(C(F)(F)F)cc1)[C@H]2C(C)C. The summed E-state index contributed by atoms with van der Waals surface area (Å²) < 4.78 is 65.3. The first-order valence-electron chi connectivity index (χ1n) is 11.7. The van der Waals surface area contributed by atoms with Crippen LogP contribution in [0.2, 0.25) is 0 Å². The molecule has 1 amide bonds. The molecule has 3 N–H and O–H groups in total. The summed E-state index contributed by atoms with van der Waals surface area (Å²) in [6.07, 6.45) is -0.633. The van der Waals surface area contributed by atoms with Gasteiger partial charge in [-0.2, -0.15) is 17.6 Å². The molecule has 8 nitrogen and oxygen atoms in total. The van der Waals surface area contributed by atoms with Crippen molar-refractivity contribution in [2.24, 2.45) is 16.0 Å². The molecule has 0 aliphatic carbocycles. The van der Waals surface area contributed by atoms with E-state index in [-0.39, 0.29) is 24.3 Å². The molecule has 0 saturated carbocycles. The van der Waals surface area contributed by atoms with Crippen LogP contribution < -0.4 is 11.1 Å². The first-order chi connectivity index (χ1) is 17.3. The number of hydrogen-bond donors (Lipinski definition) is 2. The van der Waals surface area contributed by atoms with Gasteiger partial charge in [0.25, 0.3) is 15.9 Å². The van der Waals surface area contributed by atoms with Crippen molar-refractivity contribution < 1.29 is 26.4 Å². The number of fused-ring (bicyclic) bond motifs is 1. The average molecular weight is 538 g/mol. The Hall–Kier alpha value is -3.25. The summed E-state index contributed by atoms with van der Waals surface area (Å²) in [5, 5.41) is 2.68. The Labute approximate surface area is 214 Å². The molecule has 200 valence electrons. The van der Waals surface area contributed by atoms with Gasteiger partial charge in [-0.05, 0) is 42.2 Å². The number of hydrogen-bond acceptors (Lipinski definition) is 6. The predicted molar refractivity (Wildman–Crippen MR) is 135 cm³/mol. The lowest BCUT2D eigenvalue weighted by atomic mass is 9.99. The molecule has 0 spiro atoms. The third-order valence-electron chi connectivity index (χ3n) is 6.02. The summed E-state index contributed by atoms with van der Waals surface area (Å²) in [5.41, 5.74) is 7.92. The number of rotatable bonds is 9. The zero-order valence-corrected chi connectivity index (χ0v) is 21.6. The van der Waals surface area contributed by atoms with Gasteiger partial charge in [0.1, 0.15) is 0 Å². The smallest absolute Gasteiger partial charge is 0.404 e. The maximum absolute atomic E-state index is 12.9. The highest BCUT2D eigenvalue weighted by Gasteiger charge is 2.35. The zero-order chi connectivity index (χ0) is 27.4. The minimum atomic E-state index is -4.38. The van der Waals surface area contributed by atoms with Crippen molar-refractivity contribution in [3.63, 3.8) is 0 Å². The molecule has 1 aromatic heterocycles. The topological polar surface area (TPSA) is 118 Å². The molecule has 37 heavy (non-hydrogen) atoms. The summed E-state index contributed by atoms with van der Waals surface area (Å²) in [6, 6.07) is 6.81. The van der Waals surface area contributed by atoms with Crippen LogP contribution in [0, 0.1) is 5.92 Å². The Morgan fingerprint density at radius 1 is 1.30 bits per heavy atom. The molecule has 3 rings (SSSR count). The normalized spacial score (nSPS) is 16.9. The number of carbonyl (C=O) groups excluding carboxylic acids is 1. The van der Waals surface area contributed by atoms with Gasteiger partial charge in [0.2, 0.25) is 0 Å². The van der Waals surface area contributed by atoms with Crippen LogP contribution in [0.25, 0.3) is 0 Å². The van der Waals surface area contributed by atoms with E-state index in [9.17, 15) is 26.4 Å². The van der Waals surface area contributed by atoms with E-state index in [1.165, 1.54) is 31.5 Å². The average Bonchev–Trinajstić information content (AvgIpc) is 3.21. The Kier molecular flexibility index (Phi) is 8.75. The molecule has 2 heterocycles. The van der Waals surface area contributed by atoms with Crippen LogP contribution in [0.15, 0.2) is 52.7 Å². The van der Waals surface area contributed by atoms with E-state index < -0.39 is 27.7 Å². The first kappa shape index (κ1) is 28.3. The fraction of sp³-hybridized carbons (Fsp3) is 0.400. The van der Waals surface area contributed by atoms with Gasteiger partial charge in [0.15, 0.2) is 0 Å². The molecule has 1 aliphatic rings. The number of carbonyl (C=O) groups is 1. The fourth-order valence-corrected chi connectivity index (χ4v) is 4.55. The zero-order valence-electron chi connectivity index (χ0n) is 20.8. The van der Waals surface area contributed by atoms with Crippen LogP contribution in [0.4, 0.5) is 13.2 Å². The summed E-state index contributed by atoms with van der Waals surface area (Å²) >= 11 is 0. The second-order valence-electron chi connectivity index (χ2n) is 9.09. The summed E-state index contributed by atoms with van der Waals surface area (Å²) in [6.45, 7) is 6.46. The van der Waals surface area contributed by atoms with Gasteiger partial charge < -0.3 is 11.1 Å². The number of nitrogens with zero attached hydrogens (tertiary/aromatic N) is 3. The van der Waals surface area contributed by atoms with Crippen LogP contribution >= 0.6 is 0 Å². The highest BCUT2D eigenvalue weighted by atomic mass is 32.2. The third kappa shape index (κ3) is 7.16. The van der Waals surface area contributed by atoms with E-state index in [2.05, 4.69) is 19.6 Å². The molecule has 0 bridgehead atoms. The van der Waals surface area contributed by atoms with Crippen LogP contribution in [-0.2, 0) is 29.3 Å². The van der Waals surface area contributed by atoms with Crippen molar-refractivity contribution in [1.82, 2.24) is 15.2 Å². The fourth-order valence-electron chi connectivity index (χ4n) is 4.11. The lowest BCUT2D eigenvalue weighted by molar-refractivity contribution is -0.137. The number of benzene rings is 1. The van der Waals surface area contributed by atoms with Crippen molar-refractivity contribution in [3.8, 4) is 0 Å². The van der Waals surface area contributed by atoms with Gasteiger partial charge in [-0.25, -0.2) is 8.42 Å². The Morgan fingerprint density at radius 3 is 2.54 bits per heavy atom. The number of alkyl halides is 3. The van der Waals surface area contributed by atoms with Crippen LogP contribution in [0.1, 0.15) is 59.6 Å². The van der Waals surface area contributed by atoms with Crippen molar-refractivity contribution in [2.75, 3.05) is 12.3 Å². The van der Waals surface area contributed by atoms with Crippen molar-refractivity contribution >= 4 is 22.1 Å². The van der Waals surface area contributed by atoms with Gasteiger partial charge in [-0.1, -0.05) is 26.0 Å². The second-order valence-corrected chi connectivity index (χ2v) is 11.0. The Balaban J connectivity index is 1.72. The van der Waals surface area contributed by atoms with Crippen molar-refractivity contribution in [2.45, 2.75) is 46.1 Å². The molecule has 0 fully saturated rings. The summed E-state index contributed by atoms with van der Waals surface area (Å²) in [5.74, 6) is -0.385. The standard InChI is InChI=1S/C25H30F3N5O3S/c1-4-37(35,36)32-12-18(10-29)11-31-24(34)19-9-20-15-33(23(16(2)3)22(20)30-13-19)14-17-5-7-21(8-6-17)25(26,27)28/h5-10,12-13,16,23H,4,11,14-15,29H2,1-3H3,(H,31,34)/b18-10-,32-12+/t23-/m0/s1. The Bertz CT molecular complexity index is 1290. The van der Waals surface area contributed by atoms with E-state index in [1.807, 2.05) is 13.8 Å². The molecule has 1 atom stereocenters. The molecule has 1 aliphatic heterocycles. The molecule has 0 radical (unpaired) electrons. The third-order valence-corrected chi connectivity index (χ3v) is 7.18. The monoisotopic (exact) mass is 537 g/mol. The molecule has 0 unspecified atom stereocenters. The van der Waals surface area contributed by atoms with E-state index in [4.69, 9.17) is 5.73 Å². The van der Waals surface area contributed by atoms with Crippen LogP contribution in [-0.4, -0.2) is 42.7 Å². The number of pyridine rings is 1. The quantitative estimate of drug-likeness (QED) is 0.470. The van der Waals surface area contributed by atoms with Crippen molar-refractivity contribution in [1.29, 1.82) is 0 Å². The number of amides is 1. The lowest BCUT2D eigenvalue weighted by Crippen LogP contribution is -2.27. The molecular formula is C25H30F3N5O3S. The number of nitrogens with two attached hydrogens (primary N) is 1. The van der Waals surface area contributed by atoms with E-state index in [0.29, 0.717) is 24.2 Å². The van der Waals surface area contributed by atoms with E-state index in [1.54, 1.807) is 6.07 Å². The molecule has 0 saturated heterocycles. The molecule has 1 aromatic carbocycles. The second kappa shape index (κ2) is 11.4. The lowest BCUT2D eigenvalue weighted by Gasteiger charge is -2.27. The number of sulfonamides is 1. The van der Waals surface area contributed by atoms with Crippen LogP contribution in [0.3, 0.4) is 0 Å². The molecular weight excluding hydrogens is 507 g/mol. The highest BCUT2D eigenvalue weighted by Crippen LogP contribution is 2.39. The highest BCUT2D eigenvalue weighted by molar-refractivity contribution is 7.90. The number of aromatic nitrogens is 1.